The van der Waals surface area contributed by atoms with Gasteiger partial charge in [-0.1, -0.05) is 41.6 Å². The summed E-state index contributed by atoms with van der Waals surface area (Å²) in [6, 6.07) is 17.5. The molecule has 6 heteroatoms. The first-order valence-corrected chi connectivity index (χ1v) is 8.08. The molecule has 0 amide bonds. The summed E-state index contributed by atoms with van der Waals surface area (Å²) in [5.41, 5.74) is 3.76. The number of rotatable bonds is 5. The second-order valence-corrected chi connectivity index (χ2v) is 5.58. The predicted octanol–water partition coefficient (Wildman–Crippen LogP) is 4.31. The van der Waals surface area contributed by atoms with E-state index in [-0.39, 0.29) is 0 Å². The van der Waals surface area contributed by atoms with E-state index in [1.54, 1.807) is 19.4 Å². The first kappa shape index (κ1) is 15.8. The molecule has 2 aromatic carbocycles. The van der Waals surface area contributed by atoms with Crippen LogP contribution in [0, 0.1) is 0 Å². The maximum absolute atomic E-state index is 5.34. The zero-order chi connectivity index (χ0) is 17.8. The summed E-state index contributed by atoms with van der Waals surface area (Å²) in [7, 11) is 1.64. The highest BCUT2D eigenvalue weighted by molar-refractivity contribution is 5.71. The second kappa shape index (κ2) is 7.06. The van der Waals surface area contributed by atoms with Crippen molar-refractivity contribution in [3.8, 4) is 28.4 Å². The molecular formula is C20H16N4O2. The van der Waals surface area contributed by atoms with Gasteiger partial charge in [-0.3, -0.25) is 5.10 Å². The van der Waals surface area contributed by atoms with Crippen LogP contribution in [0.1, 0.15) is 11.5 Å². The molecule has 0 saturated heterocycles. The Morgan fingerprint density at radius 3 is 2.73 bits per heavy atom. The lowest BCUT2D eigenvalue weighted by Gasteiger charge is -2.02. The number of nitrogens with one attached hydrogen (secondary N) is 1. The molecule has 4 rings (SSSR count). The fourth-order valence-electron chi connectivity index (χ4n) is 2.63. The van der Waals surface area contributed by atoms with E-state index >= 15 is 0 Å². The highest BCUT2D eigenvalue weighted by atomic mass is 16.5. The van der Waals surface area contributed by atoms with E-state index in [1.807, 2.05) is 60.7 Å². The molecule has 1 N–H and O–H groups in total. The minimum Gasteiger partial charge on any atom is -0.496 e. The van der Waals surface area contributed by atoms with Gasteiger partial charge in [0.15, 0.2) is 0 Å². The Morgan fingerprint density at radius 1 is 1.00 bits per heavy atom. The van der Waals surface area contributed by atoms with Crippen LogP contribution in [-0.4, -0.2) is 27.4 Å². The number of aromatic nitrogens is 4. The Bertz CT molecular complexity index is 1040. The number of ether oxygens (including phenoxy) is 1. The Balaban J connectivity index is 1.59. The van der Waals surface area contributed by atoms with E-state index in [1.165, 1.54) is 0 Å². The molecule has 2 aromatic heterocycles. The second-order valence-electron chi connectivity index (χ2n) is 5.58. The van der Waals surface area contributed by atoms with Crippen molar-refractivity contribution in [1.82, 2.24) is 20.3 Å². The molecule has 6 nitrogen and oxygen atoms in total. The minimum atomic E-state index is 0.429. The van der Waals surface area contributed by atoms with E-state index in [0.717, 1.165) is 28.1 Å². The zero-order valence-corrected chi connectivity index (χ0v) is 14.1. The summed E-state index contributed by atoms with van der Waals surface area (Å²) in [6.45, 7) is 0. The third-order valence-electron chi connectivity index (χ3n) is 3.92. The van der Waals surface area contributed by atoms with Gasteiger partial charge in [0.25, 0.3) is 5.89 Å². The van der Waals surface area contributed by atoms with Crippen molar-refractivity contribution in [3.63, 3.8) is 0 Å². The highest BCUT2D eigenvalue weighted by Gasteiger charge is 2.09. The van der Waals surface area contributed by atoms with Gasteiger partial charge in [0, 0.05) is 29.0 Å². The minimum absolute atomic E-state index is 0.429. The lowest BCUT2D eigenvalue weighted by Crippen LogP contribution is -1.85. The molecule has 4 aromatic rings. The molecule has 2 heterocycles. The molecule has 26 heavy (non-hydrogen) atoms. The number of hydrogen-bond acceptors (Lipinski definition) is 5. The summed E-state index contributed by atoms with van der Waals surface area (Å²) in [4.78, 5) is 4.44. The van der Waals surface area contributed by atoms with Crippen LogP contribution in [-0.2, 0) is 0 Å². The predicted molar refractivity (Wildman–Crippen MR) is 99.2 cm³/mol. The number of benzene rings is 2. The van der Waals surface area contributed by atoms with Crippen LogP contribution in [0.2, 0.25) is 0 Å². The number of hydrogen-bond donors (Lipinski definition) is 1. The van der Waals surface area contributed by atoms with E-state index in [2.05, 4.69) is 20.3 Å². The molecule has 0 atom stereocenters. The van der Waals surface area contributed by atoms with Crippen LogP contribution in [0.4, 0.5) is 0 Å². The van der Waals surface area contributed by atoms with E-state index in [4.69, 9.17) is 9.26 Å². The van der Waals surface area contributed by atoms with Gasteiger partial charge < -0.3 is 9.26 Å². The van der Waals surface area contributed by atoms with Gasteiger partial charge in [-0.05, 0) is 24.3 Å². The van der Waals surface area contributed by atoms with E-state index < -0.39 is 0 Å². The summed E-state index contributed by atoms with van der Waals surface area (Å²) < 4.78 is 10.7. The highest BCUT2D eigenvalue weighted by Crippen LogP contribution is 2.24. The van der Waals surface area contributed by atoms with Crippen molar-refractivity contribution in [2.45, 2.75) is 0 Å². The van der Waals surface area contributed by atoms with Gasteiger partial charge in [0.1, 0.15) is 5.75 Å². The zero-order valence-electron chi connectivity index (χ0n) is 14.1. The van der Waals surface area contributed by atoms with Crippen molar-refractivity contribution in [2.24, 2.45) is 0 Å². The molecule has 0 aliphatic heterocycles. The Hall–Kier alpha value is -3.67. The normalized spacial score (nSPS) is 11.1. The van der Waals surface area contributed by atoms with Crippen LogP contribution < -0.4 is 4.74 Å². The largest absolute Gasteiger partial charge is 0.496 e. The third-order valence-corrected chi connectivity index (χ3v) is 3.92. The first-order valence-electron chi connectivity index (χ1n) is 8.08. The molecule has 0 unspecified atom stereocenters. The lowest BCUT2D eigenvalue weighted by atomic mass is 10.1. The summed E-state index contributed by atoms with van der Waals surface area (Å²) >= 11 is 0. The smallest absolute Gasteiger partial charge is 0.250 e. The quantitative estimate of drug-likeness (QED) is 0.584. The van der Waals surface area contributed by atoms with Gasteiger partial charge in [0.05, 0.1) is 12.8 Å². The number of nitrogens with zero attached hydrogens (tertiary/aromatic N) is 3. The van der Waals surface area contributed by atoms with E-state index in [0.29, 0.717) is 11.7 Å². The third kappa shape index (κ3) is 3.25. The number of methoxy groups -OCH3 is 1. The fourth-order valence-corrected chi connectivity index (χ4v) is 2.63. The standard InChI is InChI=1S/C20H16N4O2/c1-25-18-8-3-2-5-14(18)9-10-19-22-20(24-26-19)16-7-4-6-15(13-16)17-11-12-21-23-17/h2-13H,1H3,(H,21,23). The van der Waals surface area contributed by atoms with Gasteiger partial charge in [0.2, 0.25) is 5.82 Å². The summed E-state index contributed by atoms with van der Waals surface area (Å²) in [5, 5.41) is 11.0. The van der Waals surface area contributed by atoms with Crippen molar-refractivity contribution in [2.75, 3.05) is 7.11 Å². The average molecular weight is 344 g/mol. The van der Waals surface area contributed by atoms with Crippen molar-refractivity contribution in [1.29, 1.82) is 0 Å². The molecular weight excluding hydrogens is 328 g/mol. The maximum atomic E-state index is 5.34. The number of H-pyrrole nitrogens is 1. The average Bonchev–Trinajstić information content (AvgIpc) is 3.39. The van der Waals surface area contributed by atoms with Gasteiger partial charge in [-0.25, -0.2) is 0 Å². The van der Waals surface area contributed by atoms with Crippen LogP contribution >= 0.6 is 0 Å². The monoisotopic (exact) mass is 344 g/mol. The molecule has 0 fully saturated rings. The SMILES string of the molecule is COc1ccccc1C=Cc1nc(-c2cccc(-c3ccn[nH]3)c2)no1. The lowest BCUT2D eigenvalue weighted by molar-refractivity contribution is 0.411. The van der Waals surface area contributed by atoms with Gasteiger partial charge in [-0.2, -0.15) is 10.1 Å². The molecule has 0 aliphatic carbocycles. The van der Waals surface area contributed by atoms with Crippen LogP contribution in [0.25, 0.3) is 34.8 Å². The first-order chi connectivity index (χ1) is 12.8. The van der Waals surface area contributed by atoms with Crippen molar-refractivity contribution in [3.05, 3.63) is 72.2 Å². The Kier molecular flexibility index (Phi) is 4.30. The van der Waals surface area contributed by atoms with Crippen molar-refractivity contribution >= 4 is 12.2 Å². The van der Waals surface area contributed by atoms with Crippen LogP contribution in [0.15, 0.2) is 65.3 Å². The number of para-hydroxylation sites is 1. The Labute approximate surface area is 150 Å². The summed E-state index contributed by atoms with van der Waals surface area (Å²) in [5.74, 6) is 1.75. The molecule has 0 radical (unpaired) electrons. The van der Waals surface area contributed by atoms with Gasteiger partial charge >= 0.3 is 0 Å². The Morgan fingerprint density at radius 2 is 1.88 bits per heavy atom. The van der Waals surface area contributed by atoms with Crippen LogP contribution in [0.5, 0.6) is 5.75 Å². The molecule has 0 aliphatic rings. The maximum Gasteiger partial charge on any atom is 0.250 e. The molecule has 128 valence electrons. The molecule has 0 spiro atoms. The molecule has 0 bridgehead atoms. The molecule has 0 saturated carbocycles. The topological polar surface area (TPSA) is 76.8 Å². The van der Waals surface area contributed by atoms with E-state index in [9.17, 15) is 0 Å². The van der Waals surface area contributed by atoms with Crippen molar-refractivity contribution < 1.29 is 9.26 Å². The fraction of sp³-hybridized carbons (Fsp3) is 0.0500. The van der Waals surface area contributed by atoms with Crippen LogP contribution in [0.3, 0.4) is 0 Å². The summed E-state index contributed by atoms with van der Waals surface area (Å²) in [6.07, 6.45) is 5.38. The van der Waals surface area contributed by atoms with Gasteiger partial charge in [-0.15, -0.1) is 0 Å². The number of aromatic amines is 1.